The van der Waals surface area contributed by atoms with Crippen molar-refractivity contribution in [2.24, 2.45) is 0 Å². The zero-order chi connectivity index (χ0) is 21.3. The monoisotopic (exact) mass is 401 g/mol. The van der Waals surface area contributed by atoms with Gasteiger partial charge >= 0.3 is 6.09 Å². The number of nitrogens with zero attached hydrogens (tertiary/aromatic N) is 2. The van der Waals surface area contributed by atoms with Crippen molar-refractivity contribution in [3.63, 3.8) is 0 Å². The zero-order valence-corrected chi connectivity index (χ0v) is 17.2. The van der Waals surface area contributed by atoms with Gasteiger partial charge in [0.15, 0.2) is 0 Å². The Hall–Kier alpha value is -3.03. The Labute approximate surface area is 170 Å². The van der Waals surface area contributed by atoms with Gasteiger partial charge in [0.05, 0.1) is 6.04 Å². The van der Waals surface area contributed by atoms with Gasteiger partial charge in [-0.05, 0) is 45.4 Å². The van der Waals surface area contributed by atoms with Gasteiger partial charge in [0, 0.05) is 31.7 Å². The second kappa shape index (κ2) is 7.77. The first kappa shape index (κ1) is 20.7. The van der Waals surface area contributed by atoms with Gasteiger partial charge in [-0.3, -0.25) is 9.59 Å². The summed E-state index contributed by atoms with van der Waals surface area (Å²) in [5.41, 5.74) is 0.669. The molecule has 1 aromatic carbocycles. The van der Waals surface area contributed by atoms with Crippen molar-refractivity contribution in [1.29, 1.82) is 0 Å². The minimum absolute atomic E-state index is 0.113. The maximum absolute atomic E-state index is 12.9. The number of fused-ring (bicyclic) bond motifs is 1. The van der Waals surface area contributed by atoms with E-state index in [4.69, 9.17) is 4.74 Å². The summed E-state index contributed by atoms with van der Waals surface area (Å²) in [4.78, 5) is 40.9. The van der Waals surface area contributed by atoms with Gasteiger partial charge in [0.1, 0.15) is 16.9 Å². The first-order valence-corrected chi connectivity index (χ1v) is 9.64. The summed E-state index contributed by atoms with van der Waals surface area (Å²) in [6.07, 6.45) is -0.335. The van der Waals surface area contributed by atoms with Crippen LogP contribution in [0.3, 0.4) is 0 Å². The number of aliphatic hydroxyl groups is 1. The van der Waals surface area contributed by atoms with Crippen LogP contribution in [0.4, 0.5) is 10.5 Å². The highest BCUT2D eigenvalue weighted by Gasteiger charge is 2.42. The topological polar surface area (TPSA) is 99.2 Å². The van der Waals surface area contributed by atoms with Crippen molar-refractivity contribution in [2.75, 3.05) is 25.0 Å². The molecule has 0 radical (unpaired) electrons. The number of benzene rings is 1. The molecule has 8 heteroatoms. The van der Waals surface area contributed by atoms with Gasteiger partial charge in [-0.2, -0.15) is 0 Å². The molecule has 2 heterocycles. The van der Waals surface area contributed by atoms with Crippen LogP contribution in [0.15, 0.2) is 35.6 Å². The maximum atomic E-state index is 12.9. The van der Waals surface area contributed by atoms with Crippen molar-refractivity contribution in [3.8, 4) is 0 Å². The Balaban J connectivity index is 1.72. The van der Waals surface area contributed by atoms with Gasteiger partial charge in [-0.1, -0.05) is 12.1 Å². The molecule has 0 bridgehead atoms. The van der Waals surface area contributed by atoms with Crippen LogP contribution in [-0.2, 0) is 14.3 Å². The lowest BCUT2D eigenvalue weighted by molar-refractivity contribution is -0.135. The number of rotatable bonds is 2. The molecule has 156 valence electrons. The lowest BCUT2D eigenvalue weighted by Gasteiger charge is -2.43. The lowest BCUT2D eigenvalue weighted by atomic mass is 9.97. The molecule has 2 N–H and O–H groups in total. The number of nitrogens with one attached hydrogen (secondary N) is 1. The number of ether oxygens (including phenoxy) is 1. The fourth-order valence-electron chi connectivity index (χ4n) is 3.53. The van der Waals surface area contributed by atoms with E-state index in [1.54, 1.807) is 43.9 Å². The largest absolute Gasteiger partial charge is 0.511 e. The third-order valence-corrected chi connectivity index (χ3v) is 4.83. The second-order valence-corrected chi connectivity index (χ2v) is 8.43. The van der Waals surface area contributed by atoms with E-state index in [1.807, 2.05) is 13.0 Å². The Morgan fingerprint density at radius 3 is 2.62 bits per heavy atom. The summed E-state index contributed by atoms with van der Waals surface area (Å²) in [6.45, 7) is 8.10. The van der Waals surface area contributed by atoms with E-state index in [-0.39, 0.29) is 36.9 Å². The number of hydrogen-bond acceptors (Lipinski definition) is 5. The molecule has 0 saturated carbocycles. The van der Waals surface area contributed by atoms with Crippen LogP contribution in [0.1, 0.15) is 32.8 Å². The third kappa shape index (κ3) is 4.70. The van der Waals surface area contributed by atoms with Crippen LogP contribution in [0.25, 0.3) is 0 Å². The Morgan fingerprint density at radius 1 is 1.24 bits per heavy atom. The standard InChI is InChI=1S/C21H27N3O5/c1-13-6-5-7-14(10-13)22-18(26)17-16(25)11-15-12-23(8-9-24(15)19(17)27)20(28)29-21(2,3)4/h5-7,10,15,25H,8-9,11-12H2,1-4H3,(H,22,26). The van der Waals surface area contributed by atoms with Crippen LogP contribution in [0, 0.1) is 6.92 Å². The molecule has 1 unspecified atom stereocenters. The highest BCUT2D eigenvalue weighted by Crippen LogP contribution is 2.27. The highest BCUT2D eigenvalue weighted by molar-refractivity contribution is 6.23. The zero-order valence-electron chi connectivity index (χ0n) is 17.2. The first-order chi connectivity index (χ1) is 13.5. The molecule has 3 amide bonds. The van der Waals surface area contributed by atoms with Crippen molar-refractivity contribution < 1.29 is 24.2 Å². The summed E-state index contributed by atoms with van der Waals surface area (Å²) < 4.78 is 5.39. The number of carbonyl (C=O) groups is 3. The summed E-state index contributed by atoms with van der Waals surface area (Å²) in [7, 11) is 0. The number of aryl methyl sites for hydroxylation is 1. The van der Waals surface area contributed by atoms with Gasteiger partial charge < -0.3 is 25.0 Å². The van der Waals surface area contributed by atoms with Gasteiger partial charge in [0.25, 0.3) is 11.8 Å². The maximum Gasteiger partial charge on any atom is 0.410 e. The molecule has 1 atom stereocenters. The van der Waals surface area contributed by atoms with Crippen LogP contribution < -0.4 is 5.32 Å². The Kier molecular flexibility index (Phi) is 5.55. The van der Waals surface area contributed by atoms with E-state index in [0.717, 1.165) is 5.56 Å². The number of piperazine rings is 1. The number of anilines is 1. The molecular weight excluding hydrogens is 374 g/mol. The van der Waals surface area contributed by atoms with Gasteiger partial charge in [0.2, 0.25) is 0 Å². The SMILES string of the molecule is Cc1cccc(NC(=O)C2=C(O)CC3CN(C(=O)OC(C)(C)C)CCN3C2=O)c1. The average molecular weight is 401 g/mol. The first-order valence-electron chi connectivity index (χ1n) is 9.64. The molecular formula is C21H27N3O5. The van der Waals surface area contributed by atoms with Crippen LogP contribution in [-0.4, -0.2) is 64.1 Å². The molecule has 0 spiro atoms. The predicted octanol–water partition coefficient (Wildman–Crippen LogP) is 2.60. The van der Waals surface area contributed by atoms with Crippen molar-refractivity contribution in [1.82, 2.24) is 9.80 Å². The normalized spacial score (nSPS) is 19.7. The molecule has 29 heavy (non-hydrogen) atoms. The molecule has 3 rings (SSSR count). The molecule has 0 aliphatic carbocycles. The number of carbonyl (C=O) groups excluding carboxylic acids is 3. The molecule has 1 fully saturated rings. The molecule has 2 aliphatic heterocycles. The second-order valence-electron chi connectivity index (χ2n) is 8.43. The van der Waals surface area contributed by atoms with Crippen LogP contribution in [0.5, 0.6) is 0 Å². The van der Waals surface area contributed by atoms with Crippen molar-refractivity contribution in [3.05, 3.63) is 41.2 Å². The van der Waals surface area contributed by atoms with E-state index < -0.39 is 23.5 Å². The number of amides is 3. The van der Waals surface area contributed by atoms with Gasteiger partial charge in [-0.15, -0.1) is 0 Å². The fourth-order valence-corrected chi connectivity index (χ4v) is 3.53. The van der Waals surface area contributed by atoms with E-state index in [0.29, 0.717) is 12.2 Å². The van der Waals surface area contributed by atoms with Crippen molar-refractivity contribution in [2.45, 2.75) is 45.8 Å². The lowest BCUT2D eigenvalue weighted by Crippen LogP contribution is -2.59. The molecule has 8 nitrogen and oxygen atoms in total. The Bertz CT molecular complexity index is 871. The predicted molar refractivity (Wildman–Crippen MR) is 107 cm³/mol. The number of aliphatic hydroxyl groups excluding tert-OH is 1. The molecule has 0 aromatic heterocycles. The van der Waals surface area contributed by atoms with E-state index >= 15 is 0 Å². The average Bonchev–Trinajstić information content (AvgIpc) is 2.59. The van der Waals surface area contributed by atoms with Gasteiger partial charge in [-0.25, -0.2) is 4.79 Å². The number of hydrogen-bond donors (Lipinski definition) is 2. The smallest absolute Gasteiger partial charge is 0.410 e. The molecule has 1 saturated heterocycles. The summed E-state index contributed by atoms with van der Waals surface area (Å²) in [6, 6.07) is 6.81. The van der Waals surface area contributed by atoms with E-state index in [1.165, 1.54) is 4.90 Å². The fraction of sp³-hybridized carbons (Fsp3) is 0.476. The third-order valence-electron chi connectivity index (χ3n) is 4.83. The molecule has 2 aliphatic rings. The summed E-state index contributed by atoms with van der Waals surface area (Å²) >= 11 is 0. The Morgan fingerprint density at radius 2 is 1.97 bits per heavy atom. The van der Waals surface area contributed by atoms with Crippen LogP contribution >= 0.6 is 0 Å². The van der Waals surface area contributed by atoms with Crippen LogP contribution in [0.2, 0.25) is 0 Å². The minimum Gasteiger partial charge on any atom is -0.511 e. The summed E-state index contributed by atoms with van der Waals surface area (Å²) in [5, 5.41) is 13.1. The van der Waals surface area contributed by atoms with Crippen molar-refractivity contribution >= 4 is 23.6 Å². The minimum atomic E-state index is -0.633. The van der Waals surface area contributed by atoms with E-state index in [2.05, 4.69) is 5.32 Å². The van der Waals surface area contributed by atoms with E-state index in [9.17, 15) is 19.5 Å². The quantitative estimate of drug-likeness (QED) is 0.742. The highest BCUT2D eigenvalue weighted by atomic mass is 16.6. The molecule has 1 aromatic rings. The summed E-state index contributed by atoms with van der Waals surface area (Å²) in [5.74, 6) is -1.41.